The molecule has 88 valence electrons. The Bertz CT molecular complexity index is 347. The SMILES string of the molecule is CC(c1ccc(Cl)cn1)C1(O)CCNCC1. The molecule has 1 unspecified atom stereocenters. The fraction of sp³-hybridized carbons (Fsp3) is 0.583. The average Bonchev–Trinajstić information content (AvgIpc) is 2.30. The number of nitrogens with one attached hydrogen (secondary N) is 1. The van der Waals surface area contributed by atoms with Gasteiger partial charge in [-0.2, -0.15) is 0 Å². The second-order valence-electron chi connectivity index (χ2n) is 4.48. The molecule has 1 aromatic rings. The van der Waals surface area contributed by atoms with Gasteiger partial charge < -0.3 is 10.4 Å². The van der Waals surface area contributed by atoms with Crippen molar-refractivity contribution in [2.75, 3.05) is 13.1 Å². The molecule has 2 heterocycles. The number of nitrogens with zero attached hydrogens (tertiary/aromatic N) is 1. The van der Waals surface area contributed by atoms with Crippen LogP contribution in [-0.4, -0.2) is 28.8 Å². The van der Waals surface area contributed by atoms with E-state index in [4.69, 9.17) is 11.6 Å². The van der Waals surface area contributed by atoms with Gasteiger partial charge in [-0.1, -0.05) is 18.5 Å². The van der Waals surface area contributed by atoms with E-state index in [-0.39, 0.29) is 5.92 Å². The van der Waals surface area contributed by atoms with Crippen molar-refractivity contribution < 1.29 is 5.11 Å². The summed E-state index contributed by atoms with van der Waals surface area (Å²) < 4.78 is 0. The lowest BCUT2D eigenvalue weighted by atomic mass is 9.79. The van der Waals surface area contributed by atoms with Crippen LogP contribution in [0.4, 0.5) is 0 Å². The minimum absolute atomic E-state index is 0.0480. The van der Waals surface area contributed by atoms with Gasteiger partial charge in [0, 0.05) is 17.8 Å². The van der Waals surface area contributed by atoms with Crippen LogP contribution >= 0.6 is 11.6 Å². The van der Waals surface area contributed by atoms with Gasteiger partial charge in [0.1, 0.15) is 0 Å². The summed E-state index contributed by atoms with van der Waals surface area (Å²) in [5.74, 6) is 0.0480. The van der Waals surface area contributed by atoms with Gasteiger partial charge in [0.05, 0.1) is 10.6 Å². The molecular weight excluding hydrogens is 224 g/mol. The van der Waals surface area contributed by atoms with E-state index in [0.29, 0.717) is 5.02 Å². The van der Waals surface area contributed by atoms with E-state index >= 15 is 0 Å². The molecule has 1 fully saturated rings. The molecule has 1 aliphatic rings. The highest BCUT2D eigenvalue weighted by Crippen LogP contribution is 2.33. The molecule has 1 aromatic heterocycles. The van der Waals surface area contributed by atoms with Gasteiger partial charge in [-0.3, -0.25) is 4.98 Å². The van der Waals surface area contributed by atoms with Crippen molar-refractivity contribution in [1.82, 2.24) is 10.3 Å². The third-order valence-electron chi connectivity index (χ3n) is 3.47. The molecule has 0 radical (unpaired) electrons. The fourth-order valence-electron chi connectivity index (χ4n) is 2.21. The second kappa shape index (κ2) is 4.70. The summed E-state index contributed by atoms with van der Waals surface area (Å²) in [6, 6.07) is 3.72. The van der Waals surface area contributed by atoms with Crippen LogP contribution in [0.15, 0.2) is 18.3 Å². The topological polar surface area (TPSA) is 45.2 Å². The number of hydrogen-bond acceptors (Lipinski definition) is 3. The molecule has 3 nitrogen and oxygen atoms in total. The minimum Gasteiger partial charge on any atom is -0.389 e. The van der Waals surface area contributed by atoms with Crippen LogP contribution in [0.5, 0.6) is 0 Å². The first-order valence-electron chi connectivity index (χ1n) is 5.66. The first-order chi connectivity index (χ1) is 7.62. The third-order valence-corrected chi connectivity index (χ3v) is 3.69. The highest BCUT2D eigenvalue weighted by atomic mass is 35.5. The maximum absolute atomic E-state index is 10.5. The van der Waals surface area contributed by atoms with Crippen LogP contribution < -0.4 is 5.32 Å². The van der Waals surface area contributed by atoms with Gasteiger partial charge in [0.2, 0.25) is 0 Å². The van der Waals surface area contributed by atoms with Crippen molar-refractivity contribution in [3.63, 3.8) is 0 Å². The lowest BCUT2D eigenvalue weighted by Crippen LogP contribution is -2.45. The van der Waals surface area contributed by atoms with Crippen molar-refractivity contribution in [2.45, 2.75) is 31.3 Å². The van der Waals surface area contributed by atoms with Gasteiger partial charge in [0.25, 0.3) is 0 Å². The Balaban J connectivity index is 2.16. The predicted molar refractivity (Wildman–Crippen MR) is 64.7 cm³/mol. The Kier molecular flexibility index (Phi) is 3.47. The quantitative estimate of drug-likeness (QED) is 0.831. The lowest BCUT2D eigenvalue weighted by molar-refractivity contribution is -0.0118. The van der Waals surface area contributed by atoms with E-state index in [1.165, 1.54) is 0 Å². The molecule has 1 saturated heterocycles. The normalized spacial score (nSPS) is 21.7. The highest BCUT2D eigenvalue weighted by Gasteiger charge is 2.36. The molecule has 2 rings (SSSR count). The standard InChI is InChI=1S/C12H17ClN2O/c1-9(11-3-2-10(13)8-15-11)12(16)4-6-14-7-5-12/h2-3,8-9,14,16H,4-7H2,1H3. The number of rotatable bonds is 2. The van der Waals surface area contributed by atoms with Gasteiger partial charge in [-0.15, -0.1) is 0 Å². The Hall–Kier alpha value is -0.640. The predicted octanol–water partition coefficient (Wildman–Crippen LogP) is 1.95. The van der Waals surface area contributed by atoms with Crippen LogP contribution in [0.25, 0.3) is 0 Å². The zero-order chi connectivity index (χ0) is 11.6. The number of piperidine rings is 1. The van der Waals surface area contributed by atoms with E-state index in [0.717, 1.165) is 31.6 Å². The van der Waals surface area contributed by atoms with Crippen molar-refractivity contribution in [3.05, 3.63) is 29.0 Å². The summed E-state index contributed by atoms with van der Waals surface area (Å²) in [4.78, 5) is 4.29. The molecule has 1 atom stereocenters. The zero-order valence-corrected chi connectivity index (χ0v) is 10.2. The fourth-order valence-corrected chi connectivity index (χ4v) is 2.32. The molecule has 0 bridgehead atoms. The van der Waals surface area contributed by atoms with Gasteiger partial charge in [0.15, 0.2) is 0 Å². The molecule has 0 aliphatic carbocycles. The number of halogens is 1. The summed E-state index contributed by atoms with van der Waals surface area (Å²) in [7, 11) is 0. The van der Waals surface area contributed by atoms with Crippen LogP contribution in [0.1, 0.15) is 31.4 Å². The highest BCUT2D eigenvalue weighted by molar-refractivity contribution is 6.30. The average molecular weight is 241 g/mol. The van der Waals surface area contributed by atoms with Crippen molar-refractivity contribution in [1.29, 1.82) is 0 Å². The summed E-state index contributed by atoms with van der Waals surface area (Å²) >= 11 is 5.80. The maximum Gasteiger partial charge on any atom is 0.0752 e. The van der Waals surface area contributed by atoms with E-state index < -0.39 is 5.60 Å². The minimum atomic E-state index is -0.633. The number of pyridine rings is 1. The monoisotopic (exact) mass is 240 g/mol. The van der Waals surface area contributed by atoms with E-state index in [1.54, 1.807) is 6.20 Å². The summed E-state index contributed by atoms with van der Waals surface area (Å²) in [5.41, 5.74) is 0.278. The molecular formula is C12H17ClN2O. The van der Waals surface area contributed by atoms with Crippen molar-refractivity contribution in [3.8, 4) is 0 Å². The summed E-state index contributed by atoms with van der Waals surface area (Å²) in [5, 5.41) is 14.4. The Labute approximate surface area is 101 Å². The second-order valence-corrected chi connectivity index (χ2v) is 4.91. The lowest BCUT2D eigenvalue weighted by Gasteiger charge is -2.37. The third kappa shape index (κ3) is 2.37. The Morgan fingerprint density at radius 3 is 2.69 bits per heavy atom. The maximum atomic E-state index is 10.5. The van der Waals surface area contributed by atoms with Crippen molar-refractivity contribution in [2.24, 2.45) is 0 Å². The summed E-state index contributed by atoms with van der Waals surface area (Å²) in [6.45, 7) is 3.77. The number of aliphatic hydroxyl groups is 1. The van der Waals surface area contributed by atoms with Crippen LogP contribution in [-0.2, 0) is 0 Å². The molecule has 0 amide bonds. The molecule has 0 aromatic carbocycles. The molecule has 4 heteroatoms. The number of aromatic nitrogens is 1. The zero-order valence-electron chi connectivity index (χ0n) is 9.41. The van der Waals surface area contributed by atoms with E-state index in [1.807, 2.05) is 19.1 Å². The number of hydrogen-bond donors (Lipinski definition) is 2. The van der Waals surface area contributed by atoms with Crippen LogP contribution in [0, 0.1) is 0 Å². The van der Waals surface area contributed by atoms with Gasteiger partial charge in [-0.05, 0) is 38.1 Å². The molecule has 16 heavy (non-hydrogen) atoms. The molecule has 0 saturated carbocycles. The smallest absolute Gasteiger partial charge is 0.0752 e. The van der Waals surface area contributed by atoms with E-state index in [2.05, 4.69) is 10.3 Å². The van der Waals surface area contributed by atoms with Gasteiger partial charge >= 0.3 is 0 Å². The van der Waals surface area contributed by atoms with Crippen molar-refractivity contribution >= 4 is 11.6 Å². The Morgan fingerprint density at radius 1 is 1.44 bits per heavy atom. The molecule has 0 spiro atoms. The Morgan fingerprint density at radius 2 is 2.12 bits per heavy atom. The largest absolute Gasteiger partial charge is 0.389 e. The van der Waals surface area contributed by atoms with Gasteiger partial charge in [-0.25, -0.2) is 0 Å². The first kappa shape index (κ1) is 11.8. The summed E-state index contributed by atoms with van der Waals surface area (Å²) in [6.07, 6.45) is 3.19. The van der Waals surface area contributed by atoms with E-state index in [9.17, 15) is 5.11 Å². The molecule has 1 aliphatic heterocycles. The molecule has 2 N–H and O–H groups in total. The first-order valence-corrected chi connectivity index (χ1v) is 6.04. The van der Waals surface area contributed by atoms with Crippen LogP contribution in [0.3, 0.4) is 0 Å². The van der Waals surface area contributed by atoms with Crippen LogP contribution in [0.2, 0.25) is 5.02 Å².